The first-order chi connectivity index (χ1) is 8.79. The minimum atomic E-state index is 0.0475. The number of aryl methyl sites for hydroxylation is 1. The summed E-state index contributed by atoms with van der Waals surface area (Å²) in [4.78, 5) is 16.0. The summed E-state index contributed by atoms with van der Waals surface area (Å²) in [7, 11) is 1.62. The van der Waals surface area contributed by atoms with Crippen LogP contribution in [0.15, 0.2) is 24.3 Å². The first kappa shape index (κ1) is 13.0. The van der Waals surface area contributed by atoms with Crippen LogP contribution in [-0.2, 0) is 16.0 Å². The average molecular weight is 264 g/mol. The van der Waals surface area contributed by atoms with Crippen LogP contribution in [0.5, 0.6) is 0 Å². The fourth-order valence-electron chi connectivity index (χ4n) is 1.63. The highest BCUT2D eigenvalue weighted by Gasteiger charge is 2.06. The van der Waals surface area contributed by atoms with Gasteiger partial charge in [-0.05, 0) is 12.1 Å². The van der Waals surface area contributed by atoms with Crippen molar-refractivity contribution in [1.82, 2.24) is 10.3 Å². The smallest absolute Gasteiger partial charge is 0.220 e. The third-order valence-electron chi connectivity index (χ3n) is 2.53. The van der Waals surface area contributed by atoms with Crippen molar-refractivity contribution in [2.24, 2.45) is 0 Å². The minimum absolute atomic E-state index is 0.0475. The zero-order chi connectivity index (χ0) is 12.8. The van der Waals surface area contributed by atoms with E-state index in [1.54, 1.807) is 18.4 Å². The molecule has 0 unspecified atom stereocenters. The Balaban J connectivity index is 1.84. The highest BCUT2D eigenvalue weighted by atomic mass is 32.1. The number of benzene rings is 1. The molecule has 0 radical (unpaired) electrons. The second-order valence-electron chi connectivity index (χ2n) is 3.92. The minimum Gasteiger partial charge on any atom is -0.383 e. The number of aromatic nitrogens is 1. The van der Waals surface area contributed by atoms with E-state index in [0.29, 0.717) is 26.0 Å². The average Bonchev–Trinajstić information content (AvgIpc) is 2.79. The number of ether oxygens (including phenoxy) is 1. The Morgan fingerprint density at radius 1 is 1.44 bits per heavy atom. The van der Waals surface area contributed by atoms with E-state index < -0.39 is 0 Å². The van der Waals surface area contributed by atoms with Crippen molar-refractivity contribution >= 4 is 27.5 Å². The predicted molar refractivity (Wildman–Crippen MR) is 72.8 cm³/mol. The molecule has 1 amide bonds. The standard InChI is InChI=1S/C13H16N2O2S/c1-17-9-8-14-12(16)6-7-13-15-10-4-2-3-5-11(10)18-13/h2-5H,6-9H2,1H3,(H,14,16). The van der Waals surface area contributed by atoms with E-state index >= 15 is 0 Å². The number of thiazole rings is 1. The van der Waals surface area contributed by atoms with Crippen molar-refractivity contribution in [2.75, 3.05) is 20.3 Å². The van der Waals surface area contributed by atoms with Gasteiger partial charge in [-0.25, -0.2) is 4.98 Å². The topological polar surface area (TPSA) is 51.2 Å². The molecule has 0 aliphatic heterocycles. The number of carbonyl (C=O) groups is 1. The van der Waals surface area contributed by atoms with E-state index in [-0.39, 0.29) is 5.91 Å². The highest BCUT2D eigenvalue weighted by Crippen LogP contribution is 2.22. The maximum absolute atomic E-state index is 11.5. The first-order valence-corrected chi connectivity index (χ1v) is 6.71. The molecule has 1 aromatic heterocycles. The molecule has 1 heterocycles. The largest absolute Gasteiger partial charge is 0.383 e. The van der Waals surface area contributed by atoms with E-state index in [4.69, 9.17) is 4.74 Å². The molecule has 0 saturated carbocycles. The van der Waals surface area contributed by atoms with Gasteiger partial charge >= 0.3 is 0 Å². The Morgan fingerprint density at radius 2 is 2.28 bits per heavy atom. The molecule has 0 spiro atoms. The van der Waals surface area contributed by atoms with Gasteiger partial charge in [-0.2, -0.15) is 0 Å². The maximum atomic E-state index is 11.5. The molecule has 0 bridgehead atoms. The van der Waals surface area contributed by atoms with Gasteiger partial charge in [0, 0.05) is 26.5 Å². The zero-order valence-corrected chi connectivity index (χ0v) is 11.1. The van der Waals surface area contributed by atoms with Gasteiger partial charge in [0.25, 0.3) is 0 Å². The molecule has 0 aliphatic carbocycles. The summed E-state index contributed by atoms with van der Waals surface area (Å²) in [6.45, 7) is 1.11. The summed E-state index contributed by atoms with van der Waals surface area (Å²) in [5, 5.41) is 3.81. The molecule has 18 heavy (non-hydrogen) atoms. The second-order valence-corrected chi connectivity index (χ2v) is 5.03. The molecule has 2 rings (SSSR count). The second kappa shape index (κ2) is 6.47. The third-order valence-corrected chi connectivity index (χ3v) is 3.63. The van der Waals surface area contributed by atoms with Gasteiger partial charge in [0.15, 0.2) is 0 Å². The summed E-state index contributed by atoms with van der Waals surface area (Å²) < 4.78 is 6.04. The molecular formula is C13H16N2O2S. The number of rotatable bonds is 6. The lowest BCUT2D eigenvalue weighted by molar-refractivity contribution is -0.121. The number of hydrogen-bond acceptors (Lipinski definition) is 4. The van der Waals surface area contributed by atoms with Crippen molar-refractivity contribution in [3.8, 4) is 0 Å². The zero-order valence-electron chi connectivity index (χ0n) is 10.3. The number of nitrogens with zero attached hydrogens (tertiary/aromatic N) is 1. The van der Waals surface area contributed by atoms with Gasteiger partial charge < -0.3 is 10.1 Å². The first-order valence-electron chi connectivity index (χ1n) is 5.89. The summed E-state index contributed by atoms with van der Waals surface area (Å²) in [5.41, 5.74) is 1.01. The molecule has 0 aliphatic rings. The van der Waals surface area contributed by atoms with Crippen LogP contribution in [-0.4, -0.2) is 31.2 Å². The molecule has 0 atom stereocenters. The maximum Gasteiger partial charge on any atom is 0.220 e. The van der Waals surface area contributed by atoms with Crippen molar-refractivity contribution in [3.05, 3.63) is 29.3 Å². The monoisotopic (exact) mass is 264 g/mol. The van der Waals surface area contributed by atoms with Crippen LogP contribution in [0, 0.1) is 0 Å². The number of para-hydroxylation sites is 1. The quantitative estimate of drug-likeness (QED) is 0.812. The summed E-state index contributed by atoms with van der Waals surface area (Å²) >= 11 is 1.65. The van der Waals surface area contributed by atoms with Crippen molar-refractivity contribution in [3.63, 3.8) is 0 Å². The van der Waals surface area contributed by atoms with E-state index in [9.17, 15) is 4.79 Å². The van der Waals surface area contributed by atoms with E-state index in [1.807, 2.05) is 18.2 Å². The number of methoxy groups -OCH3 is 1. The van der Waals surface area contributed by atoms with Gasteiger partial charge in [-0.3, -0.25) is 4.79 Å². The Morgan fingerprint density at radius 3 is 3.06 bits per heavy atom. The van der Waals surface area contributed by atoms with Crippen molar-refractivity contribution in [1.29, 1.82) is 0 Å². The molecule has 96 valence electrons. The lowest BCUT2D eigenvalue weighted by Gasteiger charge is -2.02. The number of hydrogen-bond donors (Lipinski definition) is 1. The summed E-state index contributed by atoms with van der Waals surface area (Å²) in [6, 6.07) is 8.02. The van der Waals surface area contributed by atoms with Crippen LogP contribution in [0.25, 0.3) is 10.2 Å². The van der Waals surface area contributed by atoms with Gasteiger partial charge in [0.2, 0.25) is 5.91 Å². The summed E-state index contributed by atoms with van der Waals surface area (Å²) in [6.07, 6.45) is 1.17. The number of fused-ring (bicyclic) bond motifs is 1. The fraction of sp³-hybridized carbons (Fsp3) is 0.385. The van der Waals surface area contributed by atoms with Crippen LogP contribution in [0.1, 0.15) is 11.4 Å². The SMILES string of the molecule is COCCNC(=O)CCc1nc2ccccc2s1. The number of amides is 1. The Kier molecular flexibility index (Phi) is 4.66. The Labute approximate surface area is 110 Å². The van der Waals surface area contributed by atoms with Crippen LogP contribution in [0.4, 0.5) is 0 Å². The number of nitrogens with one attached hydrogen (secondary N) is 1. The van der Waals surface area contributed by atoms with Crippen molar-refractivity contribution in [2.45, 2.75) is 12.8 Å². The van der Waals surface area contributed by atoms with E-state index in [1.165, 1.54) is 4.70 Å². The summed E-state index contributed by atoms with van der Waals surface area (Å²) in [5.74, 6) is 0.0475. The molecule has 2 aromatic rings. The predicted octanol–water partition coefficient (Wildman–Crippen LogP) is 1.99. The normalized spacial score (nSPS) is 10.7. The molecule has 5 heteroatoms. The Bertz CT molecular complexity index is 491. The fourth-order valence-corrected chi connectivity index (χ4v) is 2.60. The van der Waals surface area contributed by atoms with E-state index in [2.05, 4.69) is 16.4 Å². The molecule has 1 N–H and O–H groups in total. The third kappa shape index (κ3) is 3.51. The van der Waals surface area contributed by atoms with Gasteiger partial charge in [0.05, 0.1) is 21.8 Å². The molecular weight excluding hydrogens is 248 g/mol. The van der Waals surface area contributed by atoms with Gasteiger partial charge in [0.1, 0.15) is 0 Å². The number of carbonyl (C=O) groups excluding carboxylic acids is 1. The van der Waals surface area contributed by atoms with Gasteiger partial charge in [-0.15, -0.1) is 11.3 Å². The van der Waals surface area contributed by atoms with E-state index in [0.717, 1.165) is 10.5 Å². The highest BCUT2D eigenvalue weighted by molar-refractivity contribution is 7.18. The lowest BCUT2D eigenvalue weighted by Crippen LogP contribution is -2.27. The van der Waals surface area contributed by atoms with Gasteiger partial charge in [-0.1, -0.05) is 12.1 Å². The van der Waals surface area contributed by atoms with Crippen LogP contribution in [0.2, 0.25) is 0 Å². The lowest BCUT2D eigenvalue weighted by atomic mass is 10.3. The van der Waals surface area contributed by atoms with Crippen LogP contribution >= 0.6 is 11.3 Å². The Hall–Kier alpha value is -1.46. The van der Waals surface area contributed by atoms with Crippen molar-refractivity contribution < 1.29 is 9.53 Å². The molecule has 0 saturated heterocycles. The molecule has 4 nitrogen and oxygen atoms in total. The molecule has 0 fully saturated rings. The molecule has 1 aromatic carbocycles. The van der Waals surface area contributed by atoms with Crippen LogP contribution in [0.3, 0.4) is 0 Å². The van der Waals surface area contributed by atoms with Crippen LogP contribution < -0.4 is 5.32 Å².